The Balaban J connectivity index is 1.59. The summed E-state index contributed by atoms with van der Waals surface area (Å²) in [5.41, 5.74) is 3.80. The molecule has 1 unspecified atom stereocenters. The third kappa shape index (κ3) is 3.68. The van der Waals surface area contributed by atoms with E-state index in [1.54, 1.807) is 30.3 Å². The number of likely N-dealkylation sites (N-methyl/N-ethyl adjacent to an activating group) is 1. The van der Waals surface area contributed by atoms with Gasteiger partial charge < -0.3 is 14.2 Å². The van der Waals surface area contributed by atoms with Crippen molar-refractivity contribution in [3.63, 3.8) is 0 Å². The largest absolute Gasteiger partial charge is 0.371 e. The average Bonchev–Trinajstić information content (AvgIpc) is 2.73. The van der Waals surface area contributed by atoms with Crippen LogP contribution in [-0.4, -0.2) is 40.1 Å². The van der Waals surface area contributed by atoms with Crippen molar-refractivity contribution in [1.82, 2.24) is 14.5 Å². The SMILES string of the molecule is CCn1cc(C(=O)N(C)CC2Cc3ccccc3CO2)c(=O)c2ccc(C)nc21. The third-order valence-electron chi connectivity index (χ3n) is 5.50. The zero-order valence-corrected chi connectivity index (χ0v) is 17.0. The molecule has 6 nitrogen and oxygen atoms in total. The first-order chi connectivity index (χ1) is 14.0. The number of hydrogen-bond acceptors (Lipinski definition) is 4. The monoisotopic (exact) mass is 391 g/mol. The van der Waals surface area contributed by atoms with Gasteiger partial charge in [-0.2, -0.15) is 0 Å². The second-order valence-corrected chi connectivity index (χ2v) is 7.57. The van der Waals surface area contributed by atoms with Crippen molar-refractivity contribution < 1.29 is 9.53 Å². The Kier molecular flexibility index (Phi) is 5.20. The van der Waals surface area contributed by atoms with Gasteiger partial charge in [-0.05, 0) is 37.1 Å². The number of rotatable bonds is 4. The molecule has 0 saturated heterocycles. The standard InChI is InChI=1S/C23H25N3O3/c1-4-26-13-20(21(27)19-10-9-15(2)24-22(19)26)23(28)25(3)12-18-11-16-7-5-6-8-17(16)14-29-18/h5-10,13,18H,4,11-12,14H2,1-3H3. The quantitative estimate of drug-likeness (QED) is 0.686. The van der Waals surface area contributed by atoms with Crippen LogP contribution in [0.4, 0.5) is 0 Å². The van der Waals surface area contributed by atoms with Gasteiger partial charge in [-0.3, -0.25) is 9.59 Å². The lowest BCUT2D eigenvalue weighted by atomic mass is 9.99. The Hall–Kier alpha value is -2.99. The number of carbonyl (C=O) groups is 1. The fourth-order valence-corrected chi connectivity index (χ4v) is 3.87. The number of carbonyl (C=O) groups excluding carboxylic acids is 1. The van der Waals surface area contributed by atoms with Crippen molar-refractivity contribution in [3.05, 3.63) is 75.2 Å². The topological polar surface area (TPSA) is 64.4 Å². The van der Waals surface area contributed by atoms with E-state index in [9.17, 15) is 9.59 Å². The van der Waals surface area contributed by atoms with Crippen molar-refractivity contribution in [2.24, 2.45) is 0 Å². The van der Waals surface area contributed by atoms with E-state index in [0.717, 1.165) is 12.1 Å². The van der Waals surface area contributed by atoms with E-state index in [1.165, 1.54) is 11.1 Å². The van der Waals surface area contributed by atoms with Crippen LogP contribution in [0.5, 0.6) is 0 Å². The van der Waals surface area contributed by atoms with E-state index in [2.05, 4.69) is 17.1 Å². The summed E-state index contributed by atoms with van der Waals surface area (Å²) in [7, 11) is 1.72. The first kappa shape index (κ1) is 19.3. The van der Waals surface area contributed by atoms with Gasteiger partial charge in [-0.25, -0.2) is 4.98 Å². The van der Waals surface area contributed by atoms with Crippen LogP contribution in [0.15, 0.2) is 47.4 Å². The zero-order valence-electron chi connectivity index (χ0n) is 17.0. The molecule has 0 radical (unpaired) electrons. The molecule has 3 aromatic rings. The van der Waals surface area contributed by atoms with E-state index in [4.69, 9.17) is 4.74 Å². The highest BCUT2D eigenvalue weighted by Crippen LogP contribution is 2.21. The van der Waals surface area contributed by atoms with Crippen molar-refractivity contribution >= 4 is 16.9 Å². The fourth-order valence-electron chi connectivity index (χ4n) is 3.87. The first-order valence-corrected chi connectivity index (χ1v) is 9.92. The summed E-state index contributed by atoms with van der Waals surface area (Å²) in [6.07, 6.45) is 2.30. The number of amides is 1. The number of aryl methyl sites for hydroxylation is 2. The summed E-state index contributed by atoms with van der Waals surface area (Å²) in [6.45, 7) is 5.47. The number of ether oxygens (including phenoxy) is 1. The lowest BCUT2D eigenvalue weighted by Crippen LogP contribution is -2.40. The number of hydrogen-bond donors (Lipinski definition) is 0. The van der Waals surface area contributed by atoms with Crippen molar-refractivity contribution in [2.45, 2.75) is 39.5 Å². The van der Waals surface area contributed by atoms with Gasteiger partial charge in [0.05, 0.1) is 18.1 Å². The van der Waals surface area contributed by atoms with Gasteiger partial charge in [-0.1, -0.05) is 24.3 Å². The molecule has 1 atom stereocenters. The Morgan fingerprint density at radius 2 is 2.00 bits per heavy atom. The van der Waals surface area contributed by atoms with Crippen molar-refractivity contribution in [2.75, 3.05) is 13.6 Å². The molecule has 1 amide bonds. The molecule has 29 heavy (non-hydrogen) atoms. The molecule has 150 valence electrons. The summed E-state index contributed by atoms with van der Waals surface area (Å²) >= 11 is 0. The van der Waals surface area contributed by atoms with Gasteiger partial charge in [0.2, 0.25) is 5.43 Å². The van der Waals surface area contributed by atoms with Crippen LogP contribution in [0, 0.1) is 6.92 Å². The predicted molar refractivity (Wildman–Crippen MR) is 112 cm³/mol. The fraction of sp³-hybridized carbons (Fsp3) is 0.348. The molecule has 0 saturated carbocycles. The Morgan fingerprint density at radius 3 is 2.76 bits per heavy atom. The maximum absolute atomic E-state index is 13.1. The lowest BCUT2D eigenvalue weighted by molar-refractivity contribution is 0.00981. The molecule has 0 spiro atoms. The van der Waals surface area contributed by atoms with Crippen LogP contribution in [0.25, 0.3) is 11.0 Å². The minimum Gasteiger partial charge on any atom is -0.371 e. The molecule has 4 rings (SSSR count). The molecule has 3 heterocycles. The second kappa shape index (κ2) is 7.79. The molecule has 1 aliphatic rings. The van der Waals surface area contributed by atoms with Gasteiger partial charge in [0.15, 0.2) is 0 Å². The van der Waals surface area contributed by atoms with Gasteiger partial charge >= 0.3 is 0 Å². The lowest BCUT2D eigenvalue weighted by Gasteiger charge is -2.29. The van der Waals surface area contributed by atoms with E-state index in [1.807, 2.05) is 30.5 Å². The highest BCUT2D eigenvalue weighted by atomic mass is 16.5. The van der Waals surface area contributed by atoms with Gasteiger partial charge in [-0.15, -0.1) is 0 Å². The maximum Gasteiger partial charge on any atom is 0.259 e. The molecule has 0 bridgehead atoms. The van der Waals surface area contributed by atoms with Crippen LogP contribution in [-0.2, 0) is 24.3 Å². The first-order valence-electron chi connectivity index (χ1n) is 9.92. The highest BCUT2D eigenvalue weighted by molar-refractivity contribution is 5.96. The van der Waals surface area contributed by atoms with E-state index >= 15 is 0 Å². The second-order valence-electron chi connectivity index (χ2n) is 7.57. The number of fused-ring (bicyclic) bond motifs is 2. The zero-order chi connectivity index (χ0) is 20.5. The third-order valence-corrected chi connectivity index (χ3v) is 5.50. The summed E-state index contributed by atoms with van der Waals surface area (Å²) in [4.78, 5) is 32.1. The summed E-state index contributed by atoms with van der Waals surface area (Å²) in [5, 5.41) is 0.472. The summed E-state index contributed by atoms with van der Waals surface area (Å²) < 4.78 is 7.79. The van der Waals surface area contributed by atoms with Gasteiger partial charge in [0.1, 0.15) is 11.2 Å². The Morgan fingerprint density at radius 1 is 1.24 bits per heavy atom. The molecular formula is C23H25N3O3. The molecule has 1 aliphatic heterocycles. The number of aromatic nitrogens is 2. The normalized spacial score (nSPS) is 15.9. The van der Waals surface area contributed by atoms with Crippen LogP contribution in [0.3, 0.4) is 0 Å². The number of benzene rings is 1. The van der Waals surface area contributed by atoms with Crippen molar-refractivity contribution in [1.29, 1.82) is 0 Å². The number of pyridine rings is 2. The molecule has 0 aliphatic carbocycles. The van der Waals surface area contributed by atoms with Crippen LogP contribution < -0.4 is 5.43 Å². The molecule has 2 aromatic heterocycles. The van der Waals surface area contributed by atoms with Gasteiger partial charge in [0, 0.05) is 38.4 Å². The average molecular weight is 391 g/mol. The number of nitrogens with zero attached hydrogens (tertiary/aromatic N) is 3. The minimum absolute atomic E-state index is 0.0861. The smallest absolute Gasteiger partial charge is 0.259 e. The summed E-state index contributed by atoms with van der Waals surface area (Å²) in [5.74, 6) is -0.290. The van der Waals surface area contributed by atoms with E-state index in [-0.39, 0.29) is 23.0 Å². The minimum atomic E-state index is -0.290. The predicted octanol–water partition coefficient (Wildman–Crippen LogP) is 2.94. The highest BCUT2D eigenvalue weighted by Gasteiger charge is 2.24. The van der Waals surface area contributed by atoms with Crippen LogP contribution in [0.1, 0.15) is 34.1 Å². The van der Waals surface area contributed by atoms with Gasteiger partial charge in [0.25, 0.3) is 5.91 Å². The molecule has 0 fully saturated rings. The molecule has 1 aromatic carbocycles. The Labute approximate surface area is 169 Å². The molecule has 6 heteroatoms. The van der Waals surface area contributed by atoms with Crippen LogP contribution >= 0.6 is 0 Å². The van der Waals surface area contributed by atoms with E-state index < -0.39 is 0 Å². The summed E-state index contributed by atoms with van der Waals surface area (Å²) in [6, 6.07) is 11.8. The van der Waals surface area contributed by atoms with Crippen LogP contribution in [0.2, 0.25) is 0 Å². The molecule has 0 N–H and O–H groups in total. The Bertz CT molecular complexity index is 1140. The van der Waals surface area contributed by atoms with E-state index in [0.29, 0.717) is 30.7 Å². The van der Waals surface area contributed by atoms with Crippen molar-refractivity contribution in [3.8, 4) is 0 Å². The maximum atomic E-state index is 13.1. The molecular weight excluding hydrogens is 366 g/mol.